The summed E-state index contributed by atoms with van der Waals surface area (Å²) in [4.78, 5) is 23.3. The zero-order chi connectivity index (χ0) is 14.0. The summed E-state index contributed by atoms with van der Waals surface area (Å²) < 4.78 is 0. The molecule has 0 bridgehead atoms. The molecule has 0 amide bonds. The third-order valence-corrected chi connectivity index (χ3v) is 3.68. The smallest absolute Gasteiger partial charge is 0.339 e. The topological polar surface area (TPSA) is 54.4 Å². The highest BCUT2D eigenvalue weighted by Crippen LogP contribution is 2.37. The molecule has 1 N–H and O–H groups in total. The number of benzene rings is 1. The van der Waals surface area contributed by atoms with Gasteiger partial charge in [-0.3, -0.25) is 4.79 Å². The van der Waals surface area contributed by atoms with Crippen LogP contribution in [0.1, 0.15) is 38.2 Å². The Labute approximate surface area is 113 Å². The maximum Gasteiger partial charge on any atom is 0.339 e. The van der Waals surface area contributed by atoms with E-state index in [4.69, 9.17) is 0 Å². The van der Waals surface area contributed by atoms with Gasteiger partial charge in [-0.2, -0.15) is 0 Å². The maximum atomic E-state index is 12.1. The number of allylic oxidation sites excluding steroid dienone is 1. The van der Waals surface area contributed by atoms with Crippen molar-refractivity contribution in [2.24, 2.45) is 5.92 Å². The van der Waals surface area contributed by atoms with Gasteiger partial charge in [0.15, 0.2) is 5.78 Å². The average molecular weight is 258 g/mol. The quantitative estimate of drug-likeness (QED) is 0.847. The predicted molar refractivity (Wildman–Crippen MR) is 72.9 cm³/mol. The Morgan fingerprint density at radius 1 is 1.21 bits per heavy atom. The first kappa shape index (κ1) is 13.5. The summed E-state index contributed by atoms with van der Waals surface area (Å²) in [5, 5.41) is 9.21. The van der Waals surface area contributed by atoms with Crippen LogP contribution in [0.2, 0.25) is 0 Å². The minimum atomic E-state index is -1.08. The van der Waals surface area contributed by atoms with E-state index in [1.807, 2.05) is 44.2 Å². The number of hydrogen-bond donors (Lipinski definition) is 1. The van der Waals surface area contributed by atoms with Crippen molar-refractivity contribution in [2.45, 2.75) is 32.6 Å². The standard InChI is InChI=1S/C16H18O3/c1-10(2)13-8-12(11-6-4-3-5-7-11)9-14(17)15(13)16(18)19/h3-7,10,12H,8-9H2,1-2H3,(H,18,19). The van der Waals surface area contributed by atoms with Crippen LogP contribution in [0.4, 0.5) is 0 Å². The fourth-order valence-corrected chi connectivity index (χ4v) is 2.69. The number of aliphatic carboxylic acids is 1. The van der Waals surface area contributed by atoms with Crippen molar-refractivity contribution in [3.63, 3.8) is 0 Å². The third kappa shape index (κ3) is 2.75. The van der Waals surface area contributed by atoms with Crippen LogP contribution in [-0.4, -0.2) is 16.9 Å². The van der Waals surface area contributed by atoms with Crippen LogP contribution in [-0.2, 0) is 9.59 Å². The van der Waals surface area contributed by atoms with Crippen LogP contribution in [0.3, 0.4) is 0 Å². The maximum absolute atomic E-state index is 12.1. The molecule has 3 nitrogen and oxygen atoms in total. The lowest BCUT2D eigenvalue weighted by Crippen LogP contribution is -2.25. The Morgan fingerprint density at radius 3 is 2.37 bits per heavy atom. The van der Waals surface area contributed by atoms with Gasteiger partial charge in [0, 0.05) is 6.42 Å². The zero-order valence-corrected chi connectivity index (χ0v) is 11.2. The van der Waals surface area contributed by atoms with Crippen LogP contribution in [0.25, 0.3) is 0 Å². The number of carboxylic acid groups (broad SMARTS) is 1. The Balaban J connectivity index is 2.38. The number of hydrogen-bond acceptors (Lipinski definition) is 2. The summed E-state index contributed by atoms with van der Waals surface area (Å²) in [7, 11) is 0. The lowest BCUT2D eigenvalue weighted by Gasteiger charge is -2.27. The second kappa shape index (κ2) is 5.39. The van der Waals surface area contributed by atoms with E-state index in [1.165, 1.54) is 0 Å². The first-order chi connectivity index (χ1) is 9.00. The molecule has 1 atom stereocenters. The van der Waals surface area contributed by atoms with Gasteiger partial charge in [-0.25, -0.2) is 4.79 Å². The van der Waals surface area contributed by atoms with E-state index in [1.54, 1.807) is 0 Å². The van der Waals surface area contributed by atoms with Gasteiger partial charge in [0.05, 0.1) is 0 Å². The monoisotopic (exact) mass is 258 g/mol. The molecule has 3 heteroatoms. The molecule has 0 heterocycles. The second-order valence-electron chi connectivity index (χ2n) is 5.30. The number of carbonyl (C=O) groups is 2. The third-order valence-electron chi connectivity index (χ3n) is 3.68. The zero-order valence-electron chi connectivity index (χ0n) is 11.2. The van der Waals surface area contributed by atoms with Gasteiger partial charge in [-0.15, -0.1) is 0 Å². The van der Waals surface area contributed by atoms with Crippen LogP contribution in [0, 0.1) is 5.92 Å². The Hall–Kier alpha value is -1.90. The molecule has 1 aliphatic rings. The SMILES string of the molecule is CC(C)C1=C(C(=O)O)C(=O)CC(c2ccccc2)C1. The van der Waals surface area contributed by atoms with Crippen molar-refractivity contribution in [3.8, 4) is 0 Å². The van der Waals surface area contributed by atoms with Gasteiger partial charge >= 0.3 is 5.97 Å². The number of Topliss-reactive ketones (excluding diaryl/α,β-unsaturated/α-hetero) is 1. The summed E-state index contributed by atoms with van der Waals surface area (Å²) >= 11 is 0. The van der Waals surface area contributed by atoms with Gasteiger partial charge in [-0.1, -0.05) is 44.2 Å². The highest BCUT2D eigenvalue weighted by Gasteiger charge is 2.33. The summed E-state index contributed by atoms with van der Waals surface area (Å²) in [6.07, 6.45) is 0.955. The van der Waals surface area contributed by atoms with E-state index < -0.39 is 5.97 Å². The van der Waals surface area contributed by atoms with E-state index in [0.717, 1.165) is 11.1 Å². The molecule has 1 unspecified atom stereocenters. The highest BCUT2D eigenvalue weighted by molar-refractivity contribution is 6.18. The lowest BCUT2D eigenvalue weighted by atomic mass is 9.76. The molecule has 1 aromatic rings. The first-order valence-electron chi connectivity index (χ1n) is 6.55. The molecule has 0 saturated heterocycles. The fraction of sp³-hybridized carbons (Fsp3) is 0.375. The summed E-state index contributed by atoms with van der Waals surface area (Å²) in [6, 6.07) is 9.84. The van der Waals surface area contributed by atoms with Crippen molar-refractivity contribution in [1.29, 1.82) is 0 Å². The molecule has 0 saturated carbocycles. The lowest BCUT2D eigenvalue weighted by molar-refractivity contribution is -0.135. The molecule has 2 rings (SSSR count). The minimum Gasteiger partial charge on any atom is -0.478 e. The Morgan fingerprint density at radius 2 is 1.84 bits per heavy atom. The van der Waals surface area contributed by atoms with Crippen LogP contribution in [0.5, 0.6) is 0 Å². The highest BCUT2D eigenvalue weighted by atomic mass is 16.4. The molecule has 0 spiro atoms. The van der Waals surface area contributed by atoms with Crippen molar-refractivity contribution in [2.75, 3.05) is 0 Å². The molecule has 0 aromatic heterocycles. The van der Waals surface area contributed by atoms with Crippen LogP contribution in [0.15, 0.2) is 41.5 Å². The molecule has 0 radical (unpaired) electrons. The molecule has 19 heavy (non-hydrogen) atoms. The average Bonchev–Trinajstić information content (AvgIpc) is 2.38. The van der Waals surface area contributed by atoms with E-state index in [9.17, 15) is 14.7 Å². The Kier molecular flexibility index (Phi) is 3.84. The molecular formula is C16H18O3. The van der Waals surface area contributed by atoms with E-state index in [-0.39, 0.29) is 23.2 Å². The fourth-order valence-electron chi connectivity index (χ4n) is 2.69. The molecule has 1 aliphatic carbocycles. The van der Waals surface area contributed by atoms with Crippen molar-refractivity contribution in [3.05, 3.63) is 47.0 Å². The number of rotatable bonds is 3. The van der Waals surface area contributed by atoms with Gasteiger partial charge in [0.25, 0.3) is 0 Å². The predicted octanol–water partition coefficient (Wildman–Crippen LogP) is 3.17. The summed E-state index contributed by atoms with van der Waals surface area (Å²) in [5.74, 6) is -1.13. The number of carboxylic acids is 1. The van der Waals surface area contributed by atoms with Gasteiger partial charge in [0.2, 0.25) is 0 Å². The summed E-state index contributed by atoms with van der Waals surface area (Å²) in [6.45, 7) is 3.89. The molecule has 100 valence electrons. The summed E-state index contributed by atoms with van der Waals surface area (Å²) in [5.41, 5.74) is 1.90. The van der Waals surface area contributed by atoms with E-state index in [2.05, 4.69) is 0 Å². The molecule has 1 aromatic carbocycles. The van der Waals surface area contributed by atoms with Crippen molar-refractivity contribution >= 4 is 11.8 Å². The Bertz CT molecular complexity index is 526. The second-order valence-corrected chi connectivity index (χ2v) is 5.30. The number of carbonyl (C=O) groups excluding carboxylic acids is 1. The minimum absolute atomic E-state index is 0.0159. The van der Waals surface area contributed by atoms with Crippen molar-refractivity contribution in [1.82, 2.24) is 0 Å². The van der Waals surface area contributed by atoms with Crippen LogP contribution >= 0.6 is 0 Å². The largest absolute Gasteiger partial charge is 0.478 e. The van der Waals surface area contributed by atoms with Crippen molar-refractivity contribution < 1.29 is 14.7 Å². The van der Waals surface area contributed by atoms with Gasteiger partial charge < -0.3 is 5.11 Å². The van der Waals surface area contributed by atoms with E-state index in [0.29, 0.717) is 12.8 Å². The molecule has 0 aliphatic heterocycles. The van der Waals surface area contributed by atoms with Gasteiger partial charge in [0.1, 0.15) is 5.57 Å². The van der Waals surface area contributed by atoms with Gasteiger partial charge in [-0.05, 0) is 29.4 Å². The molecular weight excluding hydrogens is 240 g/mol. The van der Waals surface area contributed by atoms with E-state index >= 15 is 0 Å². The number of ketones is 1. The van der Waals surface area contributed by atoms with Crippen LogP contribution < -0.4 is 0 Å². The first-order valence-corrected chi connectivity index (χ1v) is 6.55. The normalized spacial score (nSPS) is 19.9. The molecule has 0 fully saturated rings.